The van der Waals surface area contributed by atoms with Crippen LogP contribution in [0.3, 0.4) is 0 Å². The van der Waals surface area contributed by atoms with E-state index in [0.717, 1.165) is 12.0 Å². The van der Waals surface area contributed by atoms with Gasteiger partial charge in [0.15, 0.2) is 17.3 Å². The van der Waals surface area contributed by atoms with Crippen molar-refractivity contribution < 1.29 is 23.7 Å². The molecule has 0 atom stereocenters. The average molecular weight is 383 g/mol. The number of nitrogens with two attached hydrogens (primary N) is 1. The van der Waals surface area contributed by atoms with Crippen LogP contribution in [0, 0.1) is 0 Å². The molecule has 6 heteroatoms. The van der Waals surface area contributed by atoms with Crippen LogP contribution in [0.15, 0.2) is 35.9 Å². The van der Waals surface area contributed by atoms with Crippen molar-refractivity contribution in [3.63, 3.8) is 0 Å². The Morgan fingerprint density at radius 2 is 2.00 bits per heavy atom. The molecule has 2 aromatic carbocycles. The molecular formula is C22H25NO5. The van der Waals surface area contributed by atoms with Crippen molar-refractivity contribution in [2.45, 2.75) is 26.7 Å². The van der Waals surface area contributed by atoms with Crippen LogP contribution in [0.5, 0.6) is 23.0 Å². The molecule has 1 aliphatic rings. The van der Waals surface area contributed by atoms with Crippen LogP contribution in [0.25, 0.3) is 6.08 Å². The highest BCUT2D eigenvalue weighted by atomic mass is 16.7. The Bertz CT molecular complexity index is 904. The Labute approximate surface area is 164 Å². The fourth-order valence-corrected chi connectivity index (χ4v) is 3.12. The minimum atomic E-state index is -0.0618. The number of rotatable bonds is 8. The number of ether oxygens (including phenoxy) is 4. The normalized spacial score (nSPS) is 12.8. The van der Waals surface area contributed by atoms with Crippen LogP contribution in [-0.4, -0.2) is 26.3 Å². The lowest BCUT2D eigenvalue weighted by molar-refractivity contribution is 0.103. The van der Waals surface area contributed by atoms with Gasteiger partial charge in [-0.15, -0.1) is 0 Å². The lowest BCUT2D eigenvalue weighted by Crippen LogP contribution is -2.05. The Morgan fingerprint density at radius 3 is 2.68 bits per heavy atom. The first-order chi connectivity index (χ1) is 13.6. The van der Waals surface area contributed by atoms with Gasteiger partial charge in [-0.1, -0.05) is 13.3 Å². The lowest BCUT2D eigenvalue weighted by atomic mass is 9.96. The van der Waals surface area contributed by atoms with Gasteiger partial charge in [-0.3, -0.25) is 4.79 Å². The Morgan fingerprint density at radius 1 is 1.18 bits per heavy atom. The van der Waals surface area contributed by atoms with E-state index in [1.165, 1.54) is 0 Å². The number of methoxy groups -OCH3 is 1. The summed E-state index contributed by atoms with van der Waals surface area (Å²) in [5.74, 6) is 2.30. The Hall–Kier alpha value is -3.15. The summed E-state index contributed by atoms with van der Waals surface area (Å²) in [7, 11) is 1.57. The molecule has 0 saturated heterocycles. The van der Waals surface area contributed by atoms with Crippen LogP contribution < -0.4 is 24.7 Å². The number of ketones is 1. The van der Waals surface area contributed by atoms with E-state index in [4.69, 9.17) is 24.7 Å². The van der Waals surface area contributed by atoms with E-state index in [-0.39, 0.29) is 12.6 Å². The van der Waals surface area contributed by atoms with E-state index in [1.54, 1.807) is 25.3 Å². The highest BCUT2D eigenvalue weighted by Gasteiger charge is 2.20. The smallest absolute Gasteiger partial charge is 0.231 e. The first-order valence-electron chi connectivity index (χ1n) is 9.32. The van der Waals surface area contributed by atoms with Gasteiger partial charge < -0.3 is 24.7 Å². The molecule has 3 rings (SSSR count). The van der Waals surface area contributed by atoms with E-state index < -0.39 is 0 Å². The first-order valence-corrected chi connectivity index (χ1v) is 9.32. The van der Waals surface area contributed by atoms with Crippen LogP contribution in [-0.2, 0) is 0 Å². The molecule has 2 N–H and O–H groups in total. The number of Topliss-reactive ketones (excluding diaryl/α,β-unsaturated/α-hetero) is 1. The zero-order chi connectivity index (χ0) is 20.1. The van der Waals surface area contributed by atoms with Crippen molar-refractivity contribution in [2.75, 3.05) is 26.2 Å². The van der Waals surface area contributed by atoms with Crippen molar-refractivity contribution >= 4 is 17.5 Å². The quantitative estimate of drug-likeness (QED) is 0.411. The van der Waals surface area contributed by atoms with Gasteiger partial charge in [0, 0.05) is 11.1 Å². The van der Waals surface area contributed by atoms with Gasteiger partial charge in [-0.2, -0.15) is 0 Å². The highest BCUT2D eigenvalue weighted by molar-refractivity contribution is 6.11. The number of fused-ring (bicyclic) bond motifs is 1. The standard InChI is InChI=1S/C22H25NO5/c1-4-6-15(21(24)16-7-8-18(26-5-2)17(23)12-16)9-14-10-19(25-3)22-20(11-14)27-13-28-22/h7-12H,4-6,13,23H2,1-3H3/b15-9+. The zero-order valence-electron chi connectivity index (χ0n) is 16.4. The van der Waals surface area contributed by atoms with Crippen molar-refractivity contribution in [1.29, 1.82) is 0 Å². The maximum atomic E-state index is 13.1. The van der Waals surface area contributed by atoms with E-state index >= 15 is 0 Å². The minimum absolute atomic E-state index is 0.0618. The van der Waals surface area contributed by atoms with E-state index in [0.29, 0.717) is 52.8 Å². The monoisotopic (exact) mass is 383 g/mol. The second-order valence-corrected chi connectivity index (χ2v) is 6.39. The molecule has 0 aromatic heterocycles. The predicted octanol–water partition coefficient (Wildman–Crippen LogP) is 4.47. The number of hydrogen-bond donors (Lipinski definition) is 1. The molecule has 1 heterocycles. The molecule has 0 aliphatic carbocycles. The third kappa shape index (κ3) is 4.06. The second kappa shape index (κ2) is 8.69. The maximum Gasteiger partial charge on any atom is 0.231 e. The Kier molecular flexibility index (Phi) is 6.09. The largest absolute Gasteiger partial charge is 0.493 e. The molecule has 2 aromatic rings. The summed E-state index contributed by atoms with van der Waals surface area (Å²) < 4.78 is 21.7. The van der Waals surface area contributed by atoms with Gasteiger partial charge in [0.1, 0.15) is 5.75 Å². The molecule has 1 aliphatic heterocycles. The number of nitrogen functional groups attached to an aromatic ring is 1. The van der Waals surface area contributed by atoms with E-state index in [2.05, 4.69) is 0 Å². The first kappa shape index (κ1) is 19.6. The van der Waals surface area contributed by atoms with Crippen LogP contribution in [0.2, 0.25) is 0 Å². The molecule has 0 fully saturated rings. The van der Waals surface area contributed by atoms with Gasteiger partial charge in [-0.25, -0.2) is 0 Å². The van der Waals surface area contributed by atoms with Crippen molar-refractivity contribution in [3.8, 4) is 23.0 Å². The maximum absolute atomic E-state index is 13.1. The number of hydrogen-bond acceptors (Lipinski definition) is 6. The van der Waals surface area contributed by atoms with Crippen LogP contribution in [0.4, 0.5) is 5.69 Å². The molecule has 0 spiro atoms. The SMILES string of the molecule is CCC/C(=C\c1cc(OC)c2c(c1)OCO2)C(=O)c1ccc(OCC)c(N)c1. The van der Waals surface area contributed by atoms with Gasteiger partial charge in [-0.05, 0) is 55.3 Å². The lowest BCUT2D eigenvalue weighted by Gasteiger charge is -2.11. The van der Waals surface area contributed by atoms with E-state index in [9.17, 15) is 4.79 Å². The molecule has 0 saturated carbocycles. The number of allylic oxidation sites excluding steroid dienone is 1. The minimum Gasteiger partial charge on any atom is -0.493 e. The molecule has 148 valence electrons. The fraction of sp³-hybridized carbons (Fsp3) is 0.318. The molecule has 0 radical (unpaired) electrons. The van der Waals surface area contributed by atoms with Crippen molar-refractivity contribution in [1.82, 2.24) is 0 Å². The third-order valence-electron chi connectivity index (χ3n) is 4.40. The molecule has 0 bridgehead atoms. The summed E-state index contributed by atoms with van der Waals surface area (Å²) in [5, 5.41) is 0. The van der Waals surface area contributed by atoms with Gasteiger partial charge in [0.25, 0.3) is 0 Å². The molecular weight excluding hydrogens is 358 g/mol. The predicted molar refractivity (Wildman–Crippen MR) is 108 cm³/mol. The molecule has 0 amide bonds. The average Bonchev–Trinajstić information content (AvgIpc) is 3.16. The van der Waals surface area contributed by atoms with Crippen molar-refractivity contribution in [2.24, 2.45) is 0 Å². The van der Waals surface area contributed by atoms with Gasteiger partial charge in [0.05, 0.1) is 19.4 Å². The van der Waals surface area contributed by atoms with Gasteiger partial charge >= 0.3 is 0 Å². The summed E-state index contributed by atoms with van der Waals surface area (Å²) in [4.78, 5) is 13.1. The molecule has 28 heavy (non-hydrogen) atoms. The summed E-state index contributed by atoms with van der Waals surface area (Å²) in [5.41, 5.74) is 8.52. The fourth-order valence-electron chi connectivity index (χ4n) is 3.12. The van der Waals surface area contributed by atoms with E-state index in [1.807, 2.05) is 32.1 Å². The van der Waals surface area contributed by atoms with Gasteiger partial charge in [0.2, 0.25) is 12.5 Å². The topological polar surface area (TPSA) is 80.0 Å². The summed E-state index contributed by atoms with van der Waals surface area (Å²) in [6.07, 6.45) is 3.34. The zero-order valence-corrected chi connectivity index (χ0v) is 16.4. The van der Waals surface area contributed by atoms with Crippen LogP contribution in [0.1, 0.15) is 42.6 Å². The summed E-state index contributed by atoms with van der Waals surface area (Å²) in [6, 6.07) is 8.83. The number of carbonyl (C=O) groups is 1. The Balaban J connectivity index is 1.95. The van der Waals surface area contributed by atoms with Crippen molar-refractivity contribution in [3.05, 3.63) is 47.0 Å². The second-order valence-electron chi connectivity index (χ2n) is 6.39. The summed E-state index contributed by atoms with van der Waals surface area (Å²) >= 11 is 0. The number of carbonyl (C=O) groups excluding carboxylic acids is 1. The molecule has 0 unspecified atom stereocenters. The van der Waals surface area contributed by atoms with Crippen LogP contribution >= 0.6 is 0 Å². The third-order valence-corrected chi connectivity index (χ3v) is 4.40. The summed E-state index contributed by atoms with van der Waals surface area (Å²) in [6.45, 7) is 4.60. The molecule has 6 nitrogen and oxygen atoms in total. The highest BCUT2D eigenvalue weighted by Crippen LogP contribution is 2.42. The number of anilines is 1. The number of benzene rings is 2.